The van der Waals surface area contributed by atoms with Gasteiger partial charge in [0, 0.05) is 11.5 Å². The predicted octanol–water partition coefficient (Wildman–Crippen LogP) is 5.26. The predicted molar refractivity (Wildman–Crippen MR) is 116 cm³/mol. The van der Waals surface area contributed by atoms with Crippen molar-refractivity contribution < 1.29 is 18.9 Å². The van der Waals surface area contributed by atoms with Gasteiger partial charge >= 0.3 is 0 Å². The number of fused-ring (bicyclic) bond motifs is 2. The van der Waals surface area contributed by atoms with E-state index in [1.54, 1.807) is 0 Å². The molecule has 2 saturated heterocycles. The van der Waals surface area contributed by atoms with Crippen LogP contribution in [-0.4, -0.2) is 31.0 Å². The second-order valence-corrected chi connectivity index (χ2v) is 8.37. The summed E-state index contributed by atoms with van der Waals surface area (Å²) in [4.78, 5) is 0. The lowest BCUT2D eigenvalue weighted by Gasteiger charge is -2.48. The molecule has 3 aromatic carbocycles. The lowest BCUT2D eigenvalue weighted by molar-refractivity contribution is -0.325. The van der Waals surface area contributed by atoms with Crippen molar-refractivity contribution in [3.8, 4) is 0 Å². The van der Waals surface area contributed by atoms with E-state index >= 15 is 0 Å². The molecule has 6 atom stereocenters. The third-order valence-electron chi connectivity index (χ3n) is 6.36. The van der Waals surface area contributed by atoms with Crippen LogP contribution >= 0.6 is 0 Å². The van der Waals surface area contributed by atoms with E-state index in [4.69, 9.17) is 18.9 Å². The molecule has 3 unspecified atom stereocenters. The zero-order chi connectivity index (χ0) is 20.5. The number of hydrogen-bond donors (Lipinski definition) is 0. The zero-order valence-corrected chi connectivity index (χ0v) is 17.4. The molecule has 5 rings (SSSR count). The van der Waals surface area contributed by atoms with Crippen LogP contribution in [0.2, 0.25) is 0 Å². The van der Waals surface area contributed by atoms with Crippen molar-refractivity contribution in [2.75, 3.05) is 6.61 Å². The number of rotatable bonds is 4. The SMILES string of the molecule is CC1[C@H](C)OC2COC(c3ccccc3)O[C@H]2[C@@H]1OCc1ccc2ccccc2c1. The summed E-state index contributed by atoms with van der Waals surface area (Å²) < 4.78 is 25.1. The van der Waals surface area contributed by atoms with E-state index in [2.05, 4.69) is 56.3 Å². The molecular formula is C26H28O4. The molecule has 4 nitrogen and oxygen atoms in total. The Hall–Kier alpha value is -2.24. The Balaban J connectivity index is 1.34. The number of ether oxygens (including phenoxy) is 4. The lowest BCUT2D eigenvalue weighted by Crippen LogP contribution is -2.58. The van der Waals surface area contributed by atoms with Crippen molar-refractivity contribution in [3.63, 3.8) is 0 Å². The van der Waals surface area contributed by atoms with E-state index in [0.29, 0.717) is 13.2 Å². The highest BCUT2D eigenvalue weighted by Crippen LogP contribution is 2.37. The van der Waals surface area contributed by atoms with Crippen LogP contribution in [0.5, 0.6) is 0 Å². The lowest BCUT2D eigenvalue weighted by atomic mass is 9.88. The fourth-order valence-electron chi connectivity index (χ4n) is 4.47. The fourth-order valence-corrected chi connectivity index (χ4v) is 4.47. The third kappa shape index (κ3) is 3.88. The van der Waals surface area contributed by atoms with Gasteiger partial charge in [-0.2, -0.15) is 0 Å². The first-order valence-electron chi connectivity index (χ1n) is 10.8. The first-order chi connectivity index (χ1) is 14.7. The first-order valence-corrected chi connectivity index (χ1v) is 10.8. The van der Waals surface area contributed by atoms with Crippen molar-refractivity contribution in [1.82, 2.24) is 0 Å². The minimum absolute atomic E-state index is 0.0552. The van der Waals surface area contributed by atoms with Gasteiger partial charge in [0.15, 0.2) is 6.29 Å². The van der Waals surface area contributed by atoms with Gasteiger partial charge in [-0.15, -0.1) is 0 Å². The van der Waals surface area contributed by atoms with Gasteiger partial charge < -0.3 is 18.9 Å². The summed E-state index contributed by atoms with van der Waals surface area (Å²) >= 11 is 0. The summed E-state index contributed by atoms with van der Waals surface area (Å²) in [5.41, 5.74) is 2.19. The summed E-state index contributed by atoms with van der Waals surface area (Å²) in [5.74, 6) is 0.223. The van der Waals surface area contributed by atoms with E-state index in [9.17, 15) is 0 Å². The van der Waals surface area contributed by atoms with Crippen LogP contribution in [0.1, 0.15) is 31.3 Å². The standard InChI is InChI=1S/C26H28O4/c1-17-18(2)29-23-16-28-26(21-9-4-3-5-10-21)30-25(23)24(17)27-15-19-12-13-20-8-6-7-11-22(20)14-19/h3-14,17-18,23-26H,15-16H2,1-2H3/t17?,18-,23?,24+,25+,26?/m0/s1. The van der Waals surface area contributed by atoms with Gasteiger partial charge in [0.25, 0.3) is 0 Å². The van der Waals surface area contributed by atoms with Crippen LogP contribution in [-0.2, 0) is 25.6 Å². The van der Waals surface area contributed by atoms with Gasteiger partial charge in [0.2, 0.25) is 0 Å². The molecule has 0 aromatic heterocycles. The normalized spacial score (nSPS) is 31.4. The Labute approximate surface area is 177 Å². The first kappa shape index (κ1) is 19.7. The molecule has 2 aliphatic heterocycles. The summed E-state index contributed by atoms with van der Waals surface area (Å²) in [6.45, 7) is 5.35. The zero-order valence-electron chi connectivity index (χ0n) is 17.4. The van der Waals surface area contributed by atoms with Gasteiger partial charge in [0.05, 0.1) is 25.4 Å². The Morgan fingerprint density at radius 3 is 2.47 bits per heavy atom. The van der Waals surface area contributed by atoms with Crippen LogP contribution in [0.25, 0.3) is 10.8 Å². The van der Waals surface area contributed by atoms with Crippen LogP contribution in [0.15, 0.2) is 72.8 Å². The summed E-state index contributed by atoms with van der Waals surface area (Å²) in [7, 11) is 0. The van der Waals surface area contributed by atoms with Crippen LogP contribution in [0.3, 0.4) is 0 Å². The maximum absolute atomic E-state index is 6.49. The average molecular weight is 405 g/mol. The Morgan fingerprint density at radius 1 is 0.867 bits per heavy atom. The van der Waals surface area contributed by atoms with Crippen molar-refractivity contribution in [1.29, 1.82) is 0 Å². The van der Waals surface area contributed by atoms with E-state index in [0.717, 1.165) is 5.56 Å². The van der Waals surface area contributed by atoms with E-state index in [-0.39, 0.29) is 36.6 Å². The molecule has 156 valence electrons. The Kier molecular flexibility index (Phi) is 5.57. The van der Waals surface area contributed by atoms with Gasteiger partial charge in [-0.1, -0.05) is 73.7 Å². The largest absolute Gasteiger partial charge is 0.370 e. The second kappa shape index (κ2) is 8.48. The molecule has 0 N–H and O–H groups in total. The molecule has 3 aromatic rings. The molecule has 0 amide bonds. The molecule has 2 heterocycles. The number of benzene rings is 3. The van der Waals surface area contributed by atoms with E-state index in [1.807, 2.05) is 30.3 Å². The van der Waals surface area contributed by atoms with Crippen molar-refractivity contribution in [2.45, 2.75) is 51.2 Å². The molecule has 2 fully saturated rings. The van der Waals surface area contributed by atoms with Gasteiger partial charge in [0.1, 0.15) is 12.2 Å². The number of hydrogen-bond acceptors (Lipinski definition) is 4. The fraction of sp³-hybridized carbons (Fsp3) is 0.385. The highest BCUT2D eigenvalue weighted by Gasteiger charge is 2.47. The third-order valence-corrected chi connectivity index (χ3v) is 6.36. The smallest absolute Gasteiger partial charge is 0.184 e. The van der Waals surface area contributed by atoms with Crippen molar-refractivity contribution >= 4 is 10.8 Å². The second-order valence-electron chi connectivity index (χ2n) is 8.37. The summed E-state index contributed by atoms with van der Waals surface area (Å²) in [5, 5.41) is 2.48. The van der Waals surface area contributed by atoms with E-state index < -0.39 is 0 Å². The molecule has 0 spiro atoms. The highest BCUT2D eigenvalue weighted by molar-refractivity contribution is 5.82. The van der Waals surface area contributed by atoms with Crippen LogP contribution in [0.4, 0.5) is 0 Å². The van der Waals surface area contributed by atoms with Gasteiger partial charge in [-0.05, 0) is 29.3 Å². The van der Waals surface area contributed by atoms with Crippen LogP contribution < -0.4 is 0 Å². The average Bonchev–Trinajstić information content (AvgIpc) is 2.79. The topological polar surface area (TPSA) is 36.9 Å². The summed E-state index contributed by atoms with van der Waals surface area (Å²) in [6.07, 6.45) is -0.620. The van der Waals surface area contributed by atoms with Crippen molar-refractivity contribution in [3.05, 3.63) is 83.9 Å². The maximum Gasteiger partial charge on any atom is 0.184 e. The van der Waals surface area contributed by atoms with Crippen molar-refractivity contribution in [2.24, 2.45) is 5.92 Å². The molecule has 30 heavy (non-hydrogen) atoms. The quantitative estimate of drug-likeness (QED) is 0.594. The molecule has 0 saturated carbocycles. The monoisotopic (exact) mass is 404 g/mol. The molecule has 2 aliphatic rings. The van der Waals surface area contributed by atoms with E-state index in [1.165, 1.54) is 16.3 Å². The summed E-state index contributed by atoms with van der Waals surface area (Å²) in [6, 6.07) is 25.0. The van der Waals surface area contributed by atoms with Gasteiger partial charge in [-0.3, -0.25) is 0 Å². The molecule has 4 heteroatoms. The minimum Gasteiger partial charge on any atom is -0.370 e. The molecule has 0 aliphatic carbocycles. The minimum atomic E-state index is -0.386. The maximum atomic E-state index is 6.49. The Bertz CT molecular complexity index is 989. The van der Waals surface area contributed by atoms with Gasteiger partial charge in [-0.25, -0.2) is 0 Å². The highest BCUT2D eigenvalue weighted by atomic mass is 16.7. The van der Waals surface area contributed by atoms with Crippen LogP contribution in [0, 0.1) is 5.92 Å². The molecule has 0 bridgehead atoms. The molecule has 0 radical (unpaired) electrons. The Morgan fingerprint density at radius 2 is 1.63 bits per heavy atom. The molecular weight excluding hydrogens is 376 g/mol.